The SMILES string of the molecule is N#Cc1cc(Cl)ccc1NCCNC(=O)Cc1cccc(F)c1. The molecule has 0 aromatic heterocycles. The van der Waals surface area contributed by atoms with E-state index in [1.807, 2.05) is 0 Å². The molecule has 0 aliphatic carbocycles. The van der Waals surface area contributed by atoms with Crippen molar-refractivity contribution in [2.24, 2.45) is 0 Å². The van der Waals surface area contributed by atoms with Crippen molar-refractivity contribution in [3.63, 3.8) is 0 Å². The van der Waals surface area contributed by atoms with Crippen LogP contribution in [-0.4, -0.2) is 19.0 Å². The van der Waals surface area contributed by atoms with Gasteiger partial charge in [0.05, 0.1) is 17.7 Å². The number of nitriles is 1. The van der Waals surface area contributed by atoms with Gasteiger partial charge in [0.25, 0.3) is 0 Å². The Bertz CT molecular complexity index is 743. The zero-order valence-electron chi connectivity index (χ0n) is 12.3. The molecule has 0 radical (unpaired) electrons. The number of carbonyl (C=O) groups excluding carboxylic acids is 1. The van der Waals surface area contributed by atoms with Gasteiger partial charge < -0.3 is 10.6 Å². The first-order valence-electron chi connectivity index (χ1n) is 7.03. The minimum Gasteiger partial charge on any atom is -0.382 e. The topological polar surface area (TPSA) is 64.9 Å². The molecule has 23 heavy (non-hydrogen) atoms. The van der Waals surface area contributed by atoms with Gasteiger partial charge in [0.15, 0.2) is 0 Å². The maximum absolute atomic E-state index is 13.0. The molecule has 0 atom stereocenters. The molecule has 0 unspecified atom stereocenters. The predicted octanol–water partition coefficient (Wildman–Crippen LogP) is 3.12. The van der Waals surface area contributed by atoms with Crippen molar-refractivity contribution < 1.29 is 9.18 Å². The first-order chi connectivity index (χ1) is 11.1. The molecule has 0 saturated heterocycles. The van der Waals surface area contributed by atoms with Crippen LogP contribution in [0.25, 0.3) is 0 Å². The molecule has 118 valence electrons. The highest BCUT2D eigenvalue weighted by Gasteiger charge is 2.05. The lowest BCUT2D eigenvalue weighted by molar-refractivity contribution is -0.120. The molecule has 2 N–H and O–H groups in total. The molecule has 2 aromatic rings. The van der Waals surface area contributed by atoms with E-state index in [1.54, 1.807) is 30.3 Å². The van der Waals surface area contributed by atoms with Crippen LogP contribution in [0.15, 0.2) is 42.5 Å². The lowest BCUT2D eigenvalue weighted by Crippen LogP contribution is -2.30. The van der Waals surface area contributed by atoms with E-state index < -0.39 is 0 Å². The van der Waals surface area contributed by atoms with Crippen molar-refractivity contribution in [1.82, 2.24) is 5.32 Å². The van der Waals surface area contributed by atoms with E-state index in [2.05, 4.69) is 16.7 Å². The predicted molar refractivity (Wildman–Crippen MR) is 87.8 cm³/mol. The fourth-order valence-electron chi connectivity index (χ4n) is 2.06. The third kappa shape index (κ3) is 5.28. The van der Waals surface area contributed by atoms with Gasteiger partial charge in [-0.05, 0) is 35.9 Å². The van der Waals surface area contributed by atoms with Crippen LogP contribution in [0.4, 0.5) is 10.1 Å². The monoisotopic (exact) mass is 331 g/mol. The van der Waals surface area contributed by atoms with Crippen LogP contribution < -0.4 is 10.6 Å². The van der Waals surface area contributed by atoms with E-state index in [-0.39, 0.29) is 18.1 Å². The molecular weight excluding hydrogens is 317 g/mol. The van der Waals surface area contributed by atoms with Crippen molar-refractivity contribution >= 4 is 23.2 Å². The summed E-state index contributed by atoms with van der Waals surface area (Å²) >= 11 is 5.82. The number of nitrogens with one attached hydrogen (secondary N) is 2. The Morgan fingerprint density at radius 2 is 2.04 bits per heavy atom. The van der Waals surface area contributed by atoms with Gasteiger partial charge in [0, 0.05) is 18.1 Å². The summed E-state index contributed by atoms with van der Waals surface area (Å²) in [4.78, 5) is 11.8. The molecule has 2 aromatic carbocycles. The number of hydrogen-bond donors (Lipinski definition) is 2. The van der Waals surface area contributed by atoms with E-state index in [0.717, 1.165) is 0 Å². The van der Waals surface area contributed by atoms with Gasteiger partial charge in [-0.3, -0.25) is 4.79 Å². The molecule has 6 heteroatoms. The fourth-order valence-corrected chi connectivity index (χ4v) is 2.23. The highest BCUT2D eigenvalue weighted by molar-refractivity contribution is 6.30. The molecule has 0 fully saturated rings. The molecule has 2 rings (SSSR count). The van der Waals surface area contributed by atoms with Gasteiger partial charge in [-0.2, -0.15) is 5.26 Å². The third-order valence-electron chi connectivity index (χ3n) is 3.12. The number of benzene rings is 2. The second-order valence-corrected chi connectivity index (χ2v) is 5.32. The Kier molecular flexibility index (Phi) is 5.95. The number of carbonyl (C=O) groups is 1. The van der Waals surface area contributed by atoms with Crippen LogP contribution in [0.1, 0.15) is 11.1 Å². The maximum atomic E-state index is 13.0. The fraction of sp³-hybridized carbons (Fsp3) is 0.176. The highest BCUT2D eigenvalue weighted by Crippen LogP contribution is 2.19. The maximum Gasteiger partial charge on any atom is 0.224 e. The molecule has 0 aliphatic heterocycles. The second kappa shape index (κ2) is 8.16. The molecule has 0 spiro atoms. The van der Waals surface area contributed by atoms with E-state index >= 15 is 0 Å². The molecular formula is C17H15ClFN3O. The van der Waals surface area contributed by atoms with Gasteiger partial charge in [-0.25, -0.2) is 4.39 Å². The Hall–Kier alpha value is -2.58. The summed E-state index contributed by atoms with van der Waals surface area (Å²) in [5.41, 5.74) is 1.74. The van der Waals surface area contributed by atoms with Crippen LogP contribution in [0.3, 0.4) is 0 Å². The molecule has 4 nitrogen and oxygen atoms in total. The second-order valence-electron chi connectivity index (χ2n) is 4.89. The van der Waals surface area contributed by atoms with Gasteiger partial charge in [0.1, 0.15) is 11.9 Å². The molecule has 1 amide bonds. The molecule has 0 heterocycles. The van der Waals surface area contributed by atoms with Crippen LogP contribution in [0, 0.1) is 17.1 Å². The lowest BCUT2D eigenvalue weighted by atomic mass is 10.1. The van der Waals surface area contributed by atoms with E-state index in [1.165, 1.54) is 12.1 Å². The molecule has 0 bridgehead atoms. The average Bonchev–Trinajstić information content (AvgIpc) is 2.52. The summed E-state index contributed by atoms with van der Waals surface area (Å²) in [6, 6.07) is 13.0. The van der Waals surface area contributed by atoms with E-state index in [4.69, 9.17) is 16.9 Å². The standard InChI is InChI=1S/C17H15ClFN3O/c18-14-4-5-16(13(10-14)11-20)21-6-7-22-17(23)9-12-2-1-3-15(19)8-12/h1-5,8,10,21H,6-7,9H2,(H,22,23). The van der Waals surface area contributed by atoms with Crippen molar-refractivity contribution in [3.8, 4) is 6.07 Å². The largest absolute Gasteiger partial charge is 0.382 e. The van der Waals surface area contributed by atoms with E-state index in [0.29, 0.717) is 34.9 Å². The minimum atomic E-state index is -0.358. The third-order valence-corrected chi connectivity index (χ3v) is 3.35. The van der Waals surface area contributed by atoms with Crippen LogP contribution in [0.2, 0.25) is 5.02 Å². The van der Waals surface area contributed by atoms with Gasteiger partial charge in [-0.15, -0.1) is 0 Å². The quantitative estimate of drug-likeness (QED) is 0.799. The summed E-state index contributed by atoms with van der Waals surface area (Å²) < 4.78 is 13.0. The van der Waals surface area contributed by atoms with Crippen molar-refractivity contribution in [2.45, 2.75) is 6.42 Å². The highest BCUT2D eigenvalue weighted by atomic mass is 35.5. The Labute approximate surface area is 138 Å². The Balaban J connectivity index is 1.77. The van der Waals surface area contributed by atoms with Gasteiger partial charge in [-0.1, -0.05) is 23.7 Å². The van der Waals surface area contributed by atoms with Crippen LogP contribution >= 0.6 is 11.6 Å². The normalized spacial score (nSPS) is 9.96. The molecule has 0 saturated carbocycles. The Morgan fingerprint density at radius 3 is 2.78 bits per heavy atom. The number of halogens is 2. The van der Waals surface area contributed by atoms with Crippen LogP contribution in [0.5, 0.6) is 0 Å². The lowest BCUT2D eigenvalue weighted by Gasteiger charge is -2.09. The average molecular weight is 332 g/mol. The smallest absolute Gasteiger partial charge is 0.224 e. The van der Waals surface area contributed by atoms with Crippen molar-refractivity contribution in [1.29, 1.82) is 5.26 Å². The zero-order valence-corrected chi connectivity index (χ0v) is 13.0. The number of nitrogens with zero attached hydrogens (tertiary/aromatic N) is 1. The summed E-state index contributed by atoms with van der Waals surface area (Å²) in [5.74, 6) is -0.544. The summed E-state index contributed by atoms with van der Waals surface area (Å²) in [6.45, 7) is 0.854. The number of hydrogen-bond acceptors (Lipinski definition) is 3. The van der Waals surface area contributed by atoms with Crippen molar-refractivity contribution in [2.75, 3.05) is 18.4 Å². The molecule has 0 aliphatic rings. The van der Waals surface area contributed by atoms with Gasteiger partial charge >= 0.3 is 0 Å². The first-order valence-corrected chi connectivity index (χ1v) is 7.41. The van der Waals surface area contributed by atoms with E-state index in [9.17, 15) is 9.18 Å². The summed E-state index contributed by atoms with van der Waals surface area (Å²) in [7, 11) is 0. The zero-order chi connectivity index (χ0) is 16.7. The number of amides is 1. The minimum absolute atomic E-state index is 0.127. The van der Waals surface area contributed by atoms with Crippen molar-refractivity contribution in [3.05, 3.63) is 64.4 Å². The van der Waals surface area contributed by atoms with Crippen LogP contribution in [-0.2, 0) is 11.2 Å². The number of anilines is 1. The van der Waals surface area contributed by atoms with Gasteiger partial charge in [0.2, 0.25) is 5.91 Å². The number of rotatable bonds is 6. The summed E-state index contributed by atoms with van der Waals surface area (Å²) in [5, 5.41) is 15.3. The Morgan fingerprint density at radius 1 is 1.22 bits per heavy atom. The first kappa shape index (κ1) is 16.8. The summed E-state index contributed by atoms with van der Waals surface area (Å²) in [6.07, 6.45) is 0.127.